The largest absolute Gasteiger partial charge is 0.497 e. The Bertz CT molecular complexity index is 1110. The maximum Gasteiger partial charge on any atom is 0.323 e. The van der Waals surface area contributed by atoms with Crippen molar-refractivity contribution in [2.45, 2.75) is 51.6 Å². The van der Waals surface area contributed by atoms with E-state index in [9.17, 15) is 9.59 Å². The smallest absolute Gasteiger partial charge is 0.323 e. The molecule has 36 heavy (non-hydrogen) atoms. The zero-order valence-corrected chi connectivity index (χ0v) is 21.5. The van der Waals surface area contributed by atoms with Crippen LogP contribution < -0.4 is 9.47 Å². The highest BCUT2D eigenvalue weighted by Gasteiger charge is 2.37. The van der Waals surface area contributed by atoms with Gasteiger partial charge in [0.05, 0.1) is 39.1 Å². The van der Waals surface area contributed by atoms with E-state index >= 15 is 0 Å². The number of hydrazone groups is 1. The predicted octanol–water partition coefficient (Wildman–Crippen LogP) is 4.11. The molecule has 2 aromatic carbocycles. The number of hydrogen-bond acceptors (Lipinski definition) is 7. The van der Waals surface area contributed by atoms with Gasteiger partial charge in [0.1, 0.15) is 17.5 Å². The molecule has 2 aromatic rings. The standard InChI is InChI=1S/C28H35N3O5/c1-5-36-28(33)24-8-6-7-15-30(24)18-27(32)31-25(20-11-9-19(2)10-12-20)17-23(29-31)22-14-13-21(34-3)16-26(22)35-4/h9-14,16,24-25H,5-8,15,17-18H2,1-4H3/t24-,25+/m0/s1. The summed E-state index contributed by atoms with van der Waals surface area (Å²) in [5.41, 5.74) is 3.76. The Balaban J connectivity index is 1.64. The molecule has 0 aliphatic carbocycles. The summed E-state index contributed by atoms with van der Waals surface area (Å²) < 4.78 is 16.2. The Labute approximate surface area is 212 Å². The number of carbonyl (C=O) groups excluding carboxylic acids is 2. The van der Waals surface area contributed by atoms with Gasteiger partial charge in [0.15, 0.2) is 0 Å². The van der Waals surface area contributed by atoms with Gasteiger partial charge in [-0.15, -0.1) is 0 Å². The Hall–Kier alpha value is -3.39. The number of hydrogen-bond donors (Lipinski definition) is 0. The molecular weight excluding hydrogens is 458 g/mol. The molecule has 8 nitrogen and oxygen atoms in total. The van der Waals surface area contributed by atoms with Crippen molar-refractivity contribution in [2.75, 3.05) is 33.9 Å². The molecule has 0 spiro atoms. The van der Waals surface area contributed by atoms with E-state index in [0.717, 1.165) is 35.2 Å². The number of benzene rings is 2. The van der Waals surface area contributed by atoms with Gasteiger partial charge in [0, 0.05) is 18.1 Å². The zero-order valence-electron chi connectivity index (χ0n) is 21.5. The van der Waals surface area contributed by atoms with E-state index in [2.05, 4.69) is 0 Å². The Morgan fingerprint density at radius 2 is 1.83 bits per heavy atom. The van der Waals surface area contributed by atoms with Gasteiger partial charge >= 0.3 is 5.97 Å². The predicted molar refractivity (Wildman–Crippen MR) is 137 cm³/mol. The molecule has 0 unspecified atom stereocenters. The molecule has 1 amide bonds. The van der Waals surface area contributed by atoms with Crippen LogP contribution in [0.2, 0.25) is 0 Å². The van der Waals surface area contributed by atoms with Crippen molar-refractivity contribution in [1.29, 1.82) is 0 Å². The van der Waals surface area contributed by atoms with Crippen molar-refractivity contribution in [3.63, 3.8) is 0 Å². The van der Waals surface area contributed by atoms with E-state index in [1.54, 1.807) is 26.2 Å². The first-order valence-electron chi connectivity index (χ1n) is 12.5. The molecular formula is C28H35N3O5. The van der Waals surface area contributed by atoms with Crippen molar-refractivity contribution in [2.24, 2.45) is 5.10 Å². The number of amides is 1. The van der Waals surface area contributed by atoms with Gasteiger partial charge in [-0.3, -0.25) is 14.5 Å². The second kappa shape index (κ2) is 11.6. The number of esters is 1. The lowest BCUT2D eigenvalue weighted by molar-refractivity contribution is -0.152. The first-order valence-corrected chi connectivity index (χ1v) is 12.5. The Morgan fingerprint density at radius 1 is 1.06 bits per heavy atom. The van der Waals surface area contributed by atoms with Crippen molar-refractivity contribution in [1.82, 2.24) is 9.91 Å². The minimum Gasteiger partial charge on any atom is -0.497 e. The molecule has 2 aliphatic rings. The number of ether oxygens (including phenoxy) is 3. The fraction of sp³-hybridized carbons (Fsp3) is 0.464. The first-order chi connectivity index (χ1) is 17.4. The lowest BCUT2D eigenvalue weighted by Crippen LogP contribution is -2.49. The first kappa shape index (κ1) is 25.7. The molecule has 0 radical (unpaired) electrons. The molecule has 2 aliphatic heterocycles. The van der Waals surface area contributed by atoms with Crippen LogP contribution in [-0.4, -0.2) is 67.5 Å². The molecule has 8 heteroatoms. The lowest BCUT2D eigenvalue weighted by atomic mass is 9.97. The van der Waals surface area contributed by atoms with E-state index < -0.39 is 6.04 Å². The molecule has 0 N–H and O–H groups in total. The zero-order chi connectivity index (χ0) is 25.7. The van der Waals surface area contributed by atoms with Gasteiger partial charge in [0.2, 0.25) is 0 Å². The fourth-order valence-corrected chi connectivity index (χ4v) is 4.92. The highest BCUT2D eigenvalue weighted by molar-refractivity contribution is 6.05. The van der Waals surface area contributed by atoms with Crippen LogP contribution in [0, 0.1) is 6.92 Å². The third kappa shape index (κ3) is 5.54. The molecule has 192 valence electrons. The minimum atomic E-state index is -0.395. The number of aryl methyl sites for hydroxylation is 1. The summed E-state index contributed by atoms with van der Waals surface area (Å²) in [5.74, 6) is 0.934. The topological polar surface area (TPSA) is 80.7 Å². The number of carbonyl (C=O) groups is 2. The van der Waals surface area contributed by atoms with Crippen LogP contribution in [0.3, 0.4) is 0 Å². The molecule has 0 saturated carbocycles. The Morgan fingerprint density at radius 3 is 2.53 bits per heavy atom. The number of piperidine rings is 1. The lowest BCUT2D eigenvalue weighted by Gasteiger charge is -2.34. The van der Waals surface area contributed by atoms with Gasteiger partial charge in [-0.2, -0.15) is 5.10 Å². The highest BCUT2D eigenvalue weighted by atomic mass is 16.5. The number of methoxy groups -OCH3 is 2. The van der Waals surface area contributed by atoms with Crippen molar-refractivity contribution in [3.8, 4) is 11.5 Å². The molecule has 1 saturated heterocycles. The minimum absolute atomic E-state index is 0.113. The summed E-state index contributed by atoms with van der Waals surface area (Å²) in [4.78, 5) is 28.2. The summed E-state index contributed by atoms with van der Waals surface area (Å²) in [5, 5.41) is 6.39. The summed E-state index contributed by atoms with van der Waals surface area (Å²) in [6, 6.07) is 13.1. The van der Waals surface area contributed by atoms with Crippen molar-refractivity contribution in [3.05, 3.63) is 59.2 Å². The number of rotatable bonds is 8. The van der Waals surface area contributed by atoms with Crippen LogP contribution in [-0.2, 0) is 14.3 Å². The maximum atomic E-state index is 13.7. The molecule has 2 atom stereocenters. The van der Waals surface area contributed by atoms with E-state index in [4.69, 9.17) is 19.3 Å². The van der Waals surface area contributed by atoms with Crippen LogP contribution >= 0.6 is 0 Å². The molecule has 0 aromatic heterocycles. The van der Waals surface area contributed by atoms with E-state index in [1.165, 1.54) is 0 Å². The van der Waals surface area contributed by atoms with Crippen LogP contribution in [0.4, 0.5) is 0 Å². The van der Waals surface area contributed by atoms with E-state index in [0.29, 0.717) is 37.5 Å². The monoisotopic (exact) mass is 493 g/mol. The van der Waals surface area contributed by atoms with E-state index in [1.807, 2.05) is 54.3 Å². The molecule has 1 fully saturated rings. The normalized spacial score (nSPS) is 20.1. The quantitative estimate of drug-likeness (QED) is 0.515. The summed E-state index contributed by atoms with van der Waals surface area (Å²) >= 11 is 0. The van der Waals surface area contributed by atoms with Crippen LogP contribution in [0.15, 0.2) is 47.6 Å². The van der Waals surface area contributed by atoms with E-state index in [-0.39, 0.29) is 24.5 Å². The highest BCUT2D eigenvalue weighted by Crippen LogP contribution is 2.36. The van der Waals surface area contributed by atoms with Crippen LogP contribution in [0.25, 0.3) is 0 Å². The second-order valence-corrected chi connectivity index (χ2v) is 9.22. The summed E-state index contributed by atoms with van der Waals surface area (Å²) in [7, 11) is 3.22. The summed E-state index contributed by atoms with van der Waals surface area (Å²) in [6.45, 7) is 4.97. The third-order valence-corrected chi connectivity index (χ3v) is 6.86. The number of nitrogens with zero attached hydrogens (tertiary/aromatic N) is 3. The van der Waals surface area contributed by atoms with Gasteiger partial charge in [-0.05, 0) is 50.9 Å². The SMILES string of the molecule is CCOC(=O)[C@@H]1CCCCN1CC(=O)N1N=C(c2ccc(OC)cc2OC)C[C@@H]1c1ccc(C)cc1. The van der Waals surface area contributed by atoms with Gasteiger partial charge in [-0.25, -0.2) is 5.01 Å². The second-order valence-electron chi connectivity index (χ2n) is 9.22. The Kier molecular flexibility index (Phi) is 8.25. The average molecular weight is 494 g/mol. The van der Waals surface area contributed by atoms with Crippen molar-refractivity contribution >= 4 is 17.6 Å². The van der Waals surface area contributed by atoms with Gasteiger partial charge in [-0.1, -0.05) is 36.2 Å². The molecule has 0 bridgehead atoms. The maximum absolute atomic E-state index is 13.7. The van der Waals surface area contributed by atoms with Gasteiger partial charge < -0.3 is 14.2 Å². The summed E-state index contributed by atoms with van der Waals surface area (Å²) in [6.07, 6.45) is 3.15. The fourth-order valence-electron chi connectivity index (χ4n) is 4.92. The van der Waals surface area contributed by atoms with Crippen LogP contribution in [0.5, 0.6) is 11.5 Å². The average Bonchev–Trinajstić information content (AvgIpc) is 3.34. The molecule has 2 heterocycles. The number of likely N-dealkylation sites (tertiary alicyclic amines) is 1. The van der Waals surface area contributed by atoms with Crippen molar-refractivity contribution < 1.29 is 23.8 Å². The third-order valence-electron chi connectivity index (χ3n) is 6.86. The van der Waals surface area contributed by atoms with Crippen LogP contribution in [0.1, 0.15) is 55.3 Å². The van der Waals surface area contributed by atoms with Gasteiger partial charge in [0.25, 0.3) is 5.91 Å². The molecule has 4 rings (SSSR count).